The summed E-state index contributed by atoms with van der Waals surface area (Å²) < 4.78 is 0. The molecule has 2 aliphatic rings. The molecule has 0 saturated heterocycles. The second-order valence-corrected chi connectivity index (χ2v) is 8.14. The zero-order valence-corrected chi connectivity index (χ0v) is 14.7. The SMILES string of the molecule is NC(=O)CC[C@H]1CCc2sc3ncnc(NC4CCCCC4)c3c21. The number of fused-ring (bicyclic) bond motifs is 3. The quantitative estimate of drug-likeness (QED) is 0.866. The Morgan fingerprint density at radius 1 is 1.25 bits per heavy atom. The lowest BCUT2D eigenvalue weighted by Crippen LogP contribution is -2.23. The molecule has 2 aromatic heterocycles. The van der Waals surface area contributed by atoms with E-state index in [0.717, 1.165) is 29.9 Å². The predicted molar refractivity (Wildman–Crippen MR) is 97.4 cm³/mol. The van der Waals surface area contributed by atoms with Gasteiger partial charge in [0.1, 0.15) is 17.0 Å². The van der Waals surface area contributed by atoms with E-state index in [1.807, 2.05) is 0 Å². The zero-order valence-electron chi connectivity index (χ0n) is 13.9. The summed E-state index contributed by atoms with van der Waals surface area (Å²) in [6, 6.07) is 0.526. The van der Waals surface area contributed by atoms with Gasteiger partial charge in [-0.2, -0.15) is 0 Å². The second-order valence-electron chi connectivity index (χ2n) is 7.06. The fourth-order valence-electron chi connectivity index (χ4n) is 4.22. The van der Waals surface area contributed by atoms with Crippen LogP contribution in [0.25, 0.3) is 10.2 Å². The molecule has 0 bridgehead atoms. The average molecular weight is 344 g/mol. The number of nitrogens with one attached hydrogen (secondary N) is 1. The molecule has 1 saturated carbocycles. The Balaban J connectivity index is 1.66. The van der Waals surface area contributed by atoms with Crippen LogP contribution in [0.5, 0.6) is 0 Å². The summed E-state index contributed by atoms with van der Waals surface area (Å²) in [5, 5.41) is 4.89. The predicted octanol–water partition coefficient (Wildman–Crippen LogP) is 3.73. The second kappa shape index (κ2) is 6.67. The first-order valence-electron chi connectivity index (χ1n) is 9.03. The Bertz CT molecular complexity index is 751. The molecule has 1 amide bonds. The first kappa shape index (κ1) is 15.8. The van der Waals surface area contributed by atoms with Crippen molar-refractivity contribution in [2.45, 2.75) is 69.7 Å². The number of hydrogen-bond acceptors (Lipinski definition) is 5. The molecule has 2 aromatic rings. The molecule has 2 heterocycles. The van der Waals surface area contributed by atoms with Crippen LogP contribution in [-0.2, 0) is 11.2 Å². The number of amides is 1. The van der Waals surface area contributed by atoms with E-state index in [2.05, 4.69) is 15.3 Å². The maximum Gasteiger partial charge on any atom is 0.217 e. The van der Waals surface area contributed by atoms with Gasteiger partial charge in [0.15, 0.2) is 0 Å². The Labute approximate surface area is 146 Å². The smallest absolute Gasteiger partial charge is 0.217 e. The molecule has 1 fully saturated rings. The Morgan fingerprint density at radius 3 is 2.88 bits per heavy atom. The van der Waals surface area contributed by atoms with Gasteiger partial charge < -0.3 is 11.1 Å². The highest BCUT2D eigenvalue weighted by Crippen LogP contribution is 2.47. The number of primary amides is 1. The molecule has 5 nitrogen and oxygen atoms in total. The van der Waals surface area contributed by atoms with E-state index >= 15 is 0 Å². The highest BCUT2D eigenvalue weighted by atomic mass is 32.1. The molecule has 0 unspecified atom stereocenters. The van der Waals surface area contributed by atoms with E-state index < -0.39 is 0 Å². The molecular weight excluding hydrogens is 320 g/mol. The monoisotopic (exact) mass is 344 g/mol. The van der Waals surface area contributed by atoms with Crippen LogP contribution in [0.1, 0.15) is 67.7 Å². The van der Waals surface area contributed by atoms with Gasteiger partial charge in [-0.05, 0) is 43.6 Å². The van der Waals surface area contributed by atoms with Gasteiger partial charge in [-0.15, -0.1) is 11.3 Å². The van der Waals surface area contributed by atoms with Crippen LogP contribution in [0.15, 0.2) is 6.33 Å². The average Bonchev–Trinajstić information content (AvgIpc) is 3.13. The number of nitrogens with two attached hydrogens (primary N) is 1. The molecule has 2 aliphatic carbocycles. The molecule has 0 radical (unpaired) electrons. The van der Waals surface area contributed by atoms with E-state index in [9.17, 15) is 4.79 Å². The first-order chi connectivity index (χ1) is 11.7. The number of aromatic nitrogens is 2. The lowest BCUT2D eigenvalue weighted by atomic mass is 9.94. The first-order valence-corrected chi connectivity index (χ1v) is 9.85. The number of rotatable bonds is 5. The third-order valence-corrected chi connectivity index (χ3v) is 6.59. The third-order valence-electron chi connectivity index (χ3n) is 5.42. The summed E-state index contributed by atoms with van der Waals surface area (Å²) in [7, 11) is 0. The molecule has 0 aromatic carbocycles. The topological polar surface area (TPSA) is 80.9 Å². The number of nitrogens with zero attached hydrogens (tertiary/aromatic N) is 2. The van der Waals surface area contributed by atoms with E-state index in [1.54, 1.807) is 17.7 Å². The highest BCUT2D eigenvalue weighted by molar-refractivity contribution is 7.19. The maximum atomic E-state index is 11.2. The van der Waals surface area contributed by atoms with Crippen molar-refractivity contribution in [1.82, 2.24) is 9.97 Å². The third kappa shape index (κ3) is 2.99. The zero-order chi connectivity index (χ0) is 16.5. The van der Waals surface area contributed by atoms with E-state index in [-0.39, 0.29) is 5.91 Å². The molecule has 0 spiro atoms. The van der Waals surface area contributed by atoms with Crippen LogP contribution >= 0.6 is 11.3 Å². The van der Waals surface area contributed by atoms with Crippen molar-refractivity contribution in [3.05, 3.63) is 16.8 Å². The van der Waals surface area contributed by atoms with Crippen LogP contribution in [0.2, 0.25) is 0 Å². The normalized spacial score (nSPS) is 21.1. The van der Waals surface area contributed by atoms with E-state index in [1.165, 1.54) is 47.9 Å². The Kier molecular flexibility index (Phi) is 4.39. The molecule has 1 atom stereocenters. The van der Waals surface area contributed by atoms with Crippen LogP contribution < -0.4 is 11.1 Å². The van der Waals surface area contributed by atoms with Crippen molar-refractivity contribution in [2.24, 2.45) is 5.73 Å². The highest BCUT2D eigenvalue weighted by Gasteiger charge is 2.30. The number of hydrogen-bond donors (Lipinski definition) is 2. The van der Waals surface area contributed by atoms with Crippen LogP contribution in [0.3, 0.4) is 0 Å². The summed E-state index contributed by atoms with van der Waals surface area (Å²) in [5.74, 6) is 1.20. The van der Waals surface area contributed by atoms with Gasteiger partial charge in [-0.3, -0.25) is 4.79 Å². The number of aryl methyl sites for hydroxylation is 1. The number of carbonyl (C=O) groups is 1. The van der Waals surface area contributed by atoms with E-state index in [4.69, 9.17) is 5.73 Å². The van der Waals surface area contributed by atoms with Gasteiger partial charge >= 0.3 is 0 Å². The number of carbonyl (C=O) groups excluding carboxylic acids is 1. The molecule has 0 aliphatic heterocycles. The molecule has 3 N–H and O–H groups in total. The van der Waals surface area contributed by atoms with E-state index in [0.29, 0.717) is 18.4 Å². The molecular formula is C18H24N4OS. The van der Waals surface area contributed by atoms with Crippen molar-refractivity contribution in [3.63, 3.8) is 0 Å². The summed E-state index contributed by atoms with van der Waals surface area (Å²) in [5.41, 5.74) is 6.74. The van der Waals surface area contributed by atoms with Crippen molar-refractivity contribution in [3.8, 4) is 0 Å². The molecule has 4 rings (SSSR count). The minimum absolute atomic E-state index is 0.209. The van der Waals surface area contributed by atoms with Gasteiger partial charge in [-0.25, -0.2) is 9.97 Å². The Morgan fingerprint density at radius 2 is 2.08 bits per heavy atom. The summed E-state index contributed by atoms with van der Waals surface area (Å²) in [6.45, 7) is 0. The van der Waals surface area contributed by atoms with Gasteiger partial charge in [-0.1, -0.05) is 19.3 Å². The number of anilines is 1. The van der Waals surface area contributed by atoms with Crippen molar-refractivity contribution >= 4 is 33.3 Å². The number of thiophene rings is 1. The summed E-state index contributed by atoms with van der Waals surface area (Å²) in [4.78, 5) is 22.8. The summed E-state index contributed by atoms with van der Waals surface area (Å²) in [6.07, 6.45) is 11.6. The van der Waals surface area contributed by atoms with Crippen molar-refractivity contribution < 1.29 is 4.79 Å². The maximum absolute atomic E-state index is 11.2. The molecule has 24 heavy (non-hydrogen) atoms. The fourth-order valence-corrected chi connectivity index (χ4v) is 5.46. The minimum Gasteiger partial charge on any atom is -0.370 e. The van der Waals surface area contributed by atoms with Crippen LogP contribution in [0, 0.1) is 0 Å². The van der Waals surface area contributed by atoms with Gasteiger partial charge in [0, 0.05) is 17.3 Å². The van der Waals surface area contributed by atoms with Crippen LogP contribution in [-0.4, -0.2) is 21.9 Å². The van der Waals surface area contributed by atoms with Crippen molar-refractivity contribution in [2.75, 3.05) is 5.32 Å². The lowest BCUT2D eigenvalue weighted by molar-refractivity contribution is -0.118. The standard InChI is InChI=1S/C18H24N4OS/c19-14(23)9-7-11-6-8-13-15(11)16-17(20-10-21-18(16)24-13)22-12-4-2-1-3-5-12/h10-12H,1-9H2,(H2,19,23)(H,20,21,22)/t11-/m1/s1. The minimum atomic E-state index is -0.209. The lowest BCUT2D eigenvalue weighted by Gasteiger charge is -2.24. The van der Waals surface area contributed by atoms with Gasteiger partial charge in [0.05, 0.1) is 5.39 Å². The van der Waals surface area contributed by atoms with Crippen molar-refractivity contribution in [1.29, 1.82) is 0 Å². The molecule has 6 heteroatoms. The van der Waals surface area contributed by atoms with Gasteiger partial charge in [0.2, 0.25) is 5.91 Å². The summed E-state index contributed by atoms with van der Waals surface area (Å²) >= 11 is 1.79. The molecule has 128 valence electrons. The van der Waals surface area contributed by atoms with Gasteiger partial charge in [0.25, 0.3) is 0 Å². The van der Waals surface area contributed by atoms with Crippen LogP contribution in [0.4, 0.5) is 5.82 Å². The largest absolute Gasteiger partial charge is 0.370 e. The Hall–Kier alpha value is -1.69. The fraction of sp³-hybridized carbons (Fsp3) is 0.611.